The zero-order valence-corrected chi connectivity index (χ0v) is 17.0. The fraction of sp³-hybridized carbons (Fsp3) is 0.208. The van der Waals surface area contributed by atoms with Gasteiger partial charge in [-0.25, -0.2) is 4.39 Å². The molecule has 0 spiro atoms. The lowest BCUT2D eigenvalue weighted by Gasteiger charge is -2.31. The summed E-state index contributed by atoms with van der Waals surface area (Å²) in [6.07, 6.45) is 2.62. The molecule has 2 amide bonds. The van der Waals surface area contributed by atoms with Crippen LogP contribution in [0, 0.1) is 5.82 Å². The zero-order valence-electron chi connectivity index (χ0n) is 17.0. The van der Waals surface area contributed by atoms with Gasteiger partial charge in [0.05, 0.1) is 19.3 Å². The van der Waals surface area contributed by atoms with Crippen molar-refractivity contribution in [3.63, 3.8) is 0 Å². The van der Waals surface area contributed by atoms with Gasteiger partial charge in [0.1, 0.15) is 11.6 Å². The summed E-state index contributed by atoms with van der Waals surface area (Å²) in [5.74, 6) is 0.00152. The smallest absolute Gasteiger partial charge is 0.259 e. The molecule has 31 heavy (non-hydrogen) atoms. The Morgan fingerprint density at radius 2 is 1.84 bits per heavy atom. The maximum absolute atomic E-state index is 13.3. The summed E-state index contributed by atoms with van der Waals surface area (Å²) in [6.45, 7) is 1.87. The maximum atomic E-state index is 13.3. The van der Waals surface area contributed by atoms with Crippen LogP contribution in [0.2, 0.25) is 0 Å². The molecular weight excluding hydrogens is 397 g/mol. The van der Waals surface area contributed by atoms with Crippen LogP contribution in [-0.4, -0.2) is 41.9 Å². The van der Waals surface area contributed by atoms with Gasteiger partial charge in [0, 0.05) is 47.2 Å². The van der Waals surface area contributed by atoms with E-state index in [1.54, 1.807) is 53.4 Å². The van der Waals surface area contributed by atoms with Crippen LogP contribution in [0.3, 0.4) is 0 Å². The lowest BCUT2D eigenvalue weighted by molar-refractivity contribution is 0.0651. The third-order valence-corrected chi connectivity index (χ3v) is 5.83. The van der Waals surface area contributed by atoms with E-state index in [4.69, 9.17) is 4.74 Å². The highest BCUT2D eigenvalue weighted by Crippen LogP contribution is 2.38. The first-order valence-electron chi connectivity index (χ1n) is 10.1. The zero-order chi connectivity index (χ0) is 21.5. The van der Waals surface area contributed by atoms with E-state index in [0.717, 1.165) is 25.1 Å². The number of anilines is 1. The SMILES string of the molecule is COc1cc(C(=O)N2CCC2)ccc1-c1nccc2c1CN(c1ccc(F)cc1)C2=O. The fourth-order valence-electron chi connectivity index (χ4n) is 4.01. The summed E-state index contributed by atoms with van der Waals surface area (Å²) in [5.41, 5.74) is 3.87. The van der Waals surface area contributed by atoms with Gasteiger partial charge < -0.3 is 14.5 Å². The second-order valence-corrected chi connectivity index (χ2v) is 7.61. The van der Waals surface area contributed by atoms with Gasteiger partial charge in [0.15, 0.2) is 0 Å². The highest BCUT2D eigenvalue weighted by molar-refractivity contribution is 6.11. The Morgan fingerprint density at radius 1 is 1.06 bits per heavy atom. The molecule has 1 fully saturated rings. The number of pyridine rings is 1. The minimum atomic E-state index is -0.354. The van der Waals surface area contributed by atoms with Gasteiger partial charge in [0.25, 0.3) is 11.8 Å². The van der Waals surface area contributed by atoms with E-state index >= 15 is 0 Å². The average molecular weight is 417 g/mol. The van der Waals surface area contributed by atoms with Crippen molar-refractivity contribution in [2.24, 2.45) is 0 Å². The Hall–Kier alpha value is -3.74. The average Bonchev–Trinajstić information content (AvgIpc) is 3.09. The van der Waals surface area contributed by atoms with Crippen molar-refractivity contribution in [3.8, 4) is 17.0 Å². The molecule has 2 aliphatic rings. The molecule has 0 bridgehead atoms. The number of hydrogen-bond donors (Lipinski definition) is 0. The number of halogens is 1. The van der Waals surface area contributed by atoms with Crippen molar-refractivity contribution in [3.05, 3.63) is 77.2 Å². The van der Waals surface area contributed by atoms with Crippen LogP contribution < -0.4 is 9.64 Å². The summed E-state index contributed by atoms with van der Waals surface area (Å²) in [7, 11) is 1.55. The van der Waals surface area contributed by atoms with Gasteiger partial charge in [-0.2, -0.15) is 0 Å². The number of nitrogens with zero attached hydrogens (tertiary/aromatic N) is 3. The van der Waals surface area contributed by atoms with E-state index in [1.165, 1.54) is 12.1 Å². The summed E-state index contributed by atoms with van der Waals surface area (Å²) < 4.78 is 18.9. The Labute approximate surface area is 178 Å². The van der Waals surface area contributed by atoms with Crippen LogP contribution >= 0.6 is 0 Å². The minimum Gasteiger partial charge on any atom is -0.496 e. The monoisotopic (exact) mass is 417 g/mol. The van der Waals surface area contributed by atoms with Crippen LogP contribution in [0.5, 0.6) is 5.75 Å². The van der Waals surface area contributed by atoms with Crippen LogP contribution in [0.1, 0.15) is 32.7 Å². The van der Waals surface area contributed by atoms with E-state index in [9.17, 15) is 14.0 Å². The molecule has 0 N–H and O–H groups in total. The number of rotatable bonds is 4. The number of fused-ring (bicyclic) bond motifs is 1. The summed E-state index contributed by atoms with van der Waals surface area (Å²) >= 11 is 0. The Balaban J connectivity index is 1.53. The molecule has 0 aliphatic carbocycles. The second-order valence-electron chi connectivity index (χ2n) is 7.61. The van der Waals surface area contributed by atoms with Gasteiger partial charge >= 0.3 is 0 Å². The quantitative estimate of drug-likeness (QED) is 0.646. The number of methoxy groups -OCH3 is 1. The molecule has 2 aromatic carbocycles. The first kappa shape index (κ1) is 19.2. The predicted molar refractivity (Wildman–Crippen MR) is 114 cm³/mol. The minimum absolute atomic E-state index is 0.0139. The molecule has 156 valence electrons. The van der Waals surface area contributed by atoms with Crippen LogP contribution in [0.15, 0.2) is 54.7 Å². The number of likely N-dealkylation sites (tertiary alicyclic amines) is 1. The van der Waals surface area contributed by atoms with Crippen molar-refractivity contribution in [2.45, 2.75) is 13.0 Å². The lowest BCUT2D eigenvalue weighted by Crippen LogP contribution is -2.42. The fourth-order valence-corrected chi connectivity index (χ4v) is 4.01. The van der Waals surface area contributed by atoms with Gasteiger partial charge in [0.2, 0.25) is 0 Å². The standard InChI is InChI=1S/C24H20FN3O3/c1-31-21-13-15(23(29)27-11-2-12-27)3-8-19(21)22-20-14-28(17-6-4-16(25)5-7-17)24(30)18(20)9-10-26-22/h3-10,13H,2,11-12,14H2,1H3. The molecular formula is C24H20FN3O3. The highest BCUT2D eigenvalue weighted by atomic mass is 19.1. The number of ether oxygens (including phenoxy) is 1. The van der Waals surface area contributed by atoms with Crippen molar-refractivity contribution in [2.75, 3.05) is 25.1 Å². The lowest BCUT2D eigenvalue weighted by atomic mass is 10.00. The number of amides is 2. The molecule has 0 atom stereocenters. The number of benzene rings is 2. The molecule has 3 aromatic rings. The van der Waals surface area contributed by atoms with Gasteiger partial charge in [-0.1, -0.05) is 0 Å². The topological polar surface area (TPSA) is 62.7 Å². The maximum Gasteiger partial charge on any atom is 0.259 e. The largest absolute Gasteiger partial charge is 0.496 e. The molecule has 3 heterocycles. The Kier molecular flexibility index (Phi) is 4.66. The number of carbonyl (C=O) groups is 2. The first-order chi connectivity index (χ1) is 15.1. The summed E-state index contributed by atoms with van der Waals surface area (Å²) in [4.78, 5) is 33.5. The third-order valence-electron chi connectivity index (χ3n) is 5.83. The van der Waals surface area contributed by atoms with Crippen LogP contribution in [0.4, 0.5) is 10.1 Å². The summed E-state index contributed by atoms with van der Waals surface area (Å²) in [6, 6.07) is 12.9. The predicted octanol–water partition coefficient (Wildman–Crippen LogP) is 3.90. The number of carbonyl (C=O) groups excluding carboxylic acids is 2. The molecule has 1 saturated heterocycles. The third kappa shape index (κ3) is 3.22. The van der Waals surface area contributed by atoms with Gasteiger partial charge in [-0.3, -0.25) is 14.6 Å². The van der Waals surface area contributed by atoms with Crippen molar-refractivity contribution >= 4 is 17.5 Å². The molecule has 1 aromatic heterocycles. The van der Waals surface area contributed by atoms with Crippen molar-refractivity contribution in [1.82, 2.24) is 9.88 Å². The van der Waals surface area contributed by atoms with Gasteiger partial charge in [-0.15, -0.1) is 0 Å². The molecule has 5 rings (SSSR count). The molecule has 0 radical (unpaired) electrons. The van der Waals surface area contributed by atoms with Gasteiger partial charge in [-0.05, 0) is 55.0 Å². The Bertz CT molecular complexity index is 1190. The van der Waals surface area contributed by atoms with Crippen molar-refractivity contribution < 1.29 is 18.7 Å². The molecule has 2 aliphatic heterocycles. The van der Waals surface area contributed by atoms with Crippen LogP contribution in [0.25, 0.3) is 11.3 Å². The van der Waals surface area contributed by atoms with E-state index in [1.807, 2.05) is 6.07 Å². The molecule has 7 heteroatoms. The van der Waals surface area contributed by atoms with E-state index in [0.29, 0.717) is 40.4 Å². The number of hydrogen-bond acceptors (Lipinski definition) is 4. The number of aromatic nitrogens is 1. The van der Waals surface area contributed by atoms with Crippen molar-refractivity contribution in [1.29, 1.82) is 0 Å². The summed E-state index contributed by atoms with van der Waals surface area (Å²) in [5, 5.41) is 0. The van der Waals surface area contributed by atoms with E-state index in [2.05, 4.69) is 4.98 Å². The highest BCUT2D eigenvalue weighted by Gasteiger charge is 2.32. The Morgan fingerprint density at radius 3 is 2.52 bits per heavy atom. The molecule has 0 unspecified atom stereocenters. The first-order valence-corrected chi connectivity index (χ1v) is 10.1. The normalized spacial score (nSPS) is 15.0. The second kappa shape index (κ2) is 7.50. The van der Waals surface area contributed by atoms with E-state index < -0.39 is 0 Å². The van der Waals surface area contributed by atoms with Crippen LogP contribution in [-0.2, 0) is 6.54 Å². The van der Waals surface area contributed by atoms with E-state index in [-0.39, 0.29) is 17.6 Å². The molecule has 6 nitrogen and oxygen atoms in total. The molecule has 0 saturated carbocycles.